The summed E-state index contributed by atoms with van der Waals surface area (Å²) >= 11 is 6.02. The standard InChI is InChI=1S/C22H26ClN3O3/c1-25-13-19(12-24-25)16-26(14-17-3-6-20(23)7-4-17)15-18-5-8-22(21(27)11-18)29-10-9-28-2/h3-8,11-13,27H,9-10,14-16H2,1-2H3. The van der Waals surface area contributed by atoms with Crippen molar-refractivity contribution in [2.75, 3.05) is 20.3 Å². The van der Waals surface area contributed by atoms with E-state index in [0.29, 0.717) is 25.5 Å². The Morgan fingerprint density at radius 3 is 2.34 bits per heavy atom. The van der Waals surface area contributed by atoms with Gasteiger partial charge in [0, 0.05) is 50.6 Å². The molecule has 3 rings (SSSR count). The molecule has 0 saturated carbocycles. The van der Waals surface area contributed by atoms with Crippen molar-refractivity contribution < 1.29 is 14.6 Å². The van der Waals surface area contributed by atoms with E-state index in [1.165, 1.54) is 5.56 Å². The van der Waals surface area contributed by atoms with Crippen LogP contribution in [-0.4, -0.2) is 40.1 Å². The molecule has 0 spiro atoms. The van der Waals surface area contributed by atoms with Crippen LogP contribution in [0.5, 0.6) is 11.5 Å². The Labute approximate surface area is 176 Å². The number of phenols is 1. The fourth-order valence-corrected chi connectivity index (χ4v) is 3.23. The SMILES string of the molecule is COCCOc1ccc(CN(Cc2ccc(Cl)cc2)Cc2cnn(C)c2)cc1O. The van der Waals surface area contributed by atoms with E-state index in [1.807, 2.05) is 49.8 Å². The van der Waals surface area contributed by atoms with Gasteiger partial charge >= 0.3 is 0 Å². The normalized spacial score (nSPS) is 11.2. The molecule has 1 N–H and O–H groups in total. The maximum absolute atomic E-state index is 10.3. The van der Waals surface area contributed by atoms with Crippen LogP contribution < -0.4 is 4.74 Å². The summed E-state index contributed by atoms with van der Waals surface area (Å²) in [5.41, 5.74) is 3.30. The number of aryl methyl sites for hydroxylation is 1. The third-order valence-corrected chi connectivity index (χ3v) is 4.71. The van der Waals surface area contributed by atoms with Crippen LogP contribution in [0.2, 0.25) is 5.02 Å². The van der Waals surface area contributed by atoms with Gasteiger partial charge in [-0.05, 0) is 35.4 Å². The van der Waals surface area contributed by atoms with Crippen molar-refractivity contribution in [3.63, 3.8) is 0 Å². The molecule has 0 saturated heterocycles. The van der Waals surface area contributed by atoms with Gasteiger partial charge in [0.25, 0.3) is 0 Å². The van der Waals surface area contributed by atoms with E-state index in [-0.39, 0.29) is 5.75 Å². The van der Waals surface area contributed by atoms with Gasteiger partial charge in [-0.1, -0.05) is 29.8 Å². The number of methoxy groups -OCH3 is 1. The summed E-state index contributed by atoms with van der Waals surface area (Å²) < 4.78 is 12.3. The first kappa shape index (κ1) is 21.2. The Bertz CT molecular complexity index is 912. The van der Waals surface area contributed by atoms with Gasteiger partial charge in [0.1, 0.15) is 6.61 Å². The smallest absolute Gasteiger partial charge is 0.161 e. The molecule has 0 aliphatic heterocycles. The van der Waals surface area contributed by atoms with E-state index in [9.17, 15) is 5.11 Å². The molecule has 0 atom stereocenters. The van der Waals surface area contributed by atoms with Crippen LogP contribution in [0.15, 0.2) is 54.9 Å². The minimum Gasteiger partial charge on any atom is -0.504 e. The summed E-state index contributed by atoms with van der Waals surface area (Å²) in [6, 6.07) is 13.4. The van der Waals surface area contributed by atoms with E-state index in [0.717, 1.165) is 29.2 Å². The number of aromatic nitrogens is 2. The number of phenolic OH excluding ortho intramolecular Hbond substituents is 1. The molecule has 0 aliphatic carbocycles. The highest BCUT2D eigenvalue weighted by Crippen LogP contribution is 2.28. The van der Waals surface area contributed by atoms with Crippen LogP contribution in [0.4, 0.5) is 0 Å². The van der Waals surface area contributed by atoms with E-state index in [2.05, 4.69) is 10.00 Å². The number of aromatic hydroxyl groups is 1. The molecule has 1 heterocycles. The lowest BCUT2D eigenvalue weighted by molar-refractivity contribution is 0.144. The summed E-state index contributed by atoms with van der Waals surface area (Å²) in [4.78, 5) is 2.29. The average molecular weight is 416 g/mol. The Balaban J connectivity index is 1.73. The maximum Gasteiger partial charge on any atom is 0.161 e. The van der Waals surface area contributed by atoms with Crippen LogP contribution in [-0.2, 0) is 31.4 Å². The number of ether oxygens (including phenoxy) is 2. The minimum atomic E-state index is 0.131. The van der Waals surface area contributed by atoms with E-state index >= 15 is 0 Å². The summed E-state index contributed by atoms with van der Waals surface area (Å²) in [6.45, 7) is 3.03. The molecule has 154 valence electrons. The predicted octanol–water partition coefficient (Wildman–Crippen LogP) is 4.01. The second-order valence-electron chi connectivity index (χ2n) is 6.94. The Kier molecular flexibility index (Phi) is 7.52. The predicted molar refractivity (Wildman–Crippen MR) is 113 cm³/mol. The Morgan fingerprint density at radius 2 is 1.69 bits per heavy atom. The van der Waals surface area contributed by atoms with Crippen LogP contribution in [0, 0.1) is 0 Å². The first-order valence-electron chi connectivity index (χ1n) is 9.41. The largest absolute Gasteiger partial charge is 0.504 e. The first-order chi connectivity index (χ1) is 14.0. The van der Waals surface area contributed by atoms with Crippen molar-refractivity contribution in [3.05, 3.63) is 76.6 Å². The van der Waals surface area contributed by atoms with Crippen LogP contribution in [0.25, 0.3) is 0 Å². The summed E-state index contributed by atoms with van der Waals surface area (Å²) in [5, 5.41) is 15.3. The van der Waals surface area contributed by atoms with Crippen molar-refractivity contribution in [2.24, 2.45) is 7.05 Å². The highest BCUT2D eigenvalue weighted by atomic mass is 35.5. The highest BCUT2D eigenvalue weighted by molar-refractivity contribution is 6.30. The zero-order chi connectivity index (χ0) is 20.6. The molecule has 0 radical (unpaired) electrons. The van der Waals surface area contributed by atoms with Gasteiger partial charge in [-0.2, -0.15) is 5.10 Å². The second-order valence-corrected chi connectivity index (χ2v) is 7.37. The quantitative estimate of drug-likeness (QED) is 0.507. The first-order valence-corrected chi connectivity index (χ1v) is 9.79. The van der Waals surface area contributed by atoms with Crippen molar-refractivity contribution in [1.29, 1.82) is 0 Å². The van der Waals surface area contributed by atoms with Gasteiger partial charge in [-0.25, -0.2) is 0 Å². The molecule has 2 aromatic carbocycles. The molecule has 3 aromatic rings. The average Bonchev–Trinajstić information content (AvgIpc) is 3.10. The summed E-state index contributed by atoms with van der Waals surface area (Å²) in [7, 11) is 3.53. The number of nitrogens with zero attached hydrogens (tertiary/aromatic N) is 3. The molecule has 0 amide bonds. The maximum atomic E-state index is 10.3. The fourth-order valence-electron chi connectivity index (χ4n) is 3.10. The van der Waals surface area contributed by atoms with E-state index < -0.39 is 0 Å². The highest BCUT2D eigenvalue weighted by Gasteiger charge is 2.12. The topological polar surface area (TPSA) is 59.8 Å². The molecule has 7 heteroatoms. The summed E-state index contributed by atoms with van der Waals surface area (Å²) in [6.07, 6.45) is 3.89. The Morgan fingerprint density at radius 1 is 1.00 bits per heavy atom. The van der Waals surface area contributed by atoms with Gasteiger partial charge in [0.05, 0.1) is 12.8 Å². The molecule has 0 aliphatic rings. The second kappa shape index (κ2) is 10.3. The number of hydrogen-bond acceptors (Lipinski definition) is 5. The third kappa shape index (κ3) is 6.49. The third-order valence-electron chi connectivity index (χ3n) is 4.46. The number of rotatable bonds is 10. The van der Waals surface area contributed by atoms with Crippen molar-refractivity contribution >= 4 is 11.6 Å². The lowest BCUT2D eigenvalue weighted by atomic mass is 10.1. The van der Waals surface area contributed by atoms with E-state index in [1.54, 1.807) is 23.9 Å². The molecule has 29 heavy (non-hydrogen) atoms. The summed E-state index contributed by atoms with van der Waals surface area (Å²) in [5.74, 6) is 0.591. The van der Waals surface area contributed by atoms with Crippen LogP contribution in [0.3, 0.4) is 0 Å². The molecule has 0 fully saturated rings. The number of hydrogen-bond donors (Lipinski definition) is 1. The van der Waals surface area contributed by atoms with Gasteiger partial charge in [-0.3, -0.25) is 9.58 Å². The van der Waals surface area contributed by atoms with Gasteiger partial charge in [-0.15, -0.1) is 0 Å². The van der Waals surface area contributed by atoms with Crippen LogP contribution in [0.1, 0.15) is 16.7 Å². The molecular formula is C22H26ClN3O3. The van der Waals surface area contributed by atoms with Crippen molar-refractivity contribution in [2.45, 2.75) is 19.6 Å². The zero-order valence-corrected chi connectivity index (χ0v) is 17.5. The molecule has 0 bridgehead atoms. The molecular weight excluding hydrogens is 390 g/mol. The molecule has 0 unspecified atom stereocenters. The molecule has 1 aromatic heterocycles. The monoisotopic (exact) mass is 415 g/mol. The molecule has 6 nitrogen and oxygen atoms in total. The lowest BCUT2D eigenvalue weighted by Gasteiger charge is -2.22. The van der Waals surface area contributed by atoms with E-state index in [4.69, 9.17) is 21.1 Å². The van der Waals surface area contributed by atoms with Crippen LogP contribution >= 0.6 is 11.6 Å². The minimum absolute atomic E-state index is 0.131. The number of benzene rings is 2. The zero-order valence-electron chi connectivity index (χ0n) is 16.7. The van der Waals surface area contributed by atoms with Gasteiger partial charge < -0.3 is 14.6 Å². The van der Waals surface area contributed by atoms with Crippen molar-refractivity contribution in [3.8, 4) is 11.5 Å². The Hall–Kier alpha value is -2.54. The van der Waals surface area contributed by atoms with Crippen molar-refractivity contribution in [1.82, 2.24) is 14.7 Å². The van der Waals surface area contributed by atoms with Gasteiger partial charge in [0.15, 0.2) is 11.5 Å². The van der Waals surface area contributed by atoms with Gasteiger partial charge in [0.2, 0.25) is 0 Å². The fraction of sp³-hybridized carbons (Fsp3) is 0.318. The lowest BCUT2D eigenvalue weighted by Crippen LogP contribution is -2.22. The number of halogens is 1.